The van der Waals surface area contributed by atoms with Crippen LogP contribution in [0.3, 0.4) is 0 Å². The third kappa shape index (κ3) is 14.8. The van der Waals surface area contributed by atoms with E-state index in [1.54, 1.807) is 0 Å². The van der Waals surface area contributed by atoms with E-state index in [0.717, 1.165) is 24.0 Å². The van der Waals surface area contributed by atoms with Gasteiger partial charge in [0, 0.05) is 6.61 Å². The van der Waals surface area contributed by atoms with E-state index in [2.05, 4.69) is 19.1 Å². The van der Waals surface area contributed by atoms with Crippen LogP contribution in [0.5, 0.6) is 0 Å². The van der Waals surface area contributed by atoms with Crippen molar-refractivity contribution in [3.8, 4) is 0 Å². The van der Waals surface area contributed by atoms with Gasteiger partial charge in [-0.05, 0) is 43.2 Å². The van der Waals surface area contributed by atoms with Crippen LogP contribution in [-0.4, -0.2) is 16.4 Å². The highest BCUT2D eigenvalue weighted by Crippen LogP contribution is 2.43. The molecule has 2 aromatic rings. The molecule has 0 saturated heterocycles. The zero-order valence-electron chi connectivity index (χ0n) is 22.8. The molecule has 0 spiro atoms. The molecule has 4 nitrogen and oxygen atoms in total. The van der Waals surface area contributed by atoms with E-state index < -0.39 is 20.8 Å². The quantitative estimate of drug-likeness (QED) is 0.0907. The van der Waals surface area contributed by atoms with Crippen molar-refractivity contribution in [1.29, 1.82) is 0 Å². The first-order valence-electron chi connectivity index (χ1n) is 14.4. The van der Waals surface area contributed by atoms with Gasteiger partial charge in [-0.2, -0.15) is 0 Å². The Morgan fingerprint density at radius 1 is 0.622 bits per heavy atom. The molecule has 0 radical (unpaired) electrons. The summed E-state index contributed by atoms with van der Waals surface area (Å²) < 4.78 is 11.9. The second kappa shape index (κ2) is 21.4. The maximum absolute atomic E-state index is 9.64. The Kier molecular flexibility index (Phi) is 18.3. The lowest BCUT2D eigenvalue weighted by Gasteiger charge is -2.28. The number of benzene rings is 2. The Hall–Kier alpha value is -1.55. The molecule has 0 amide bonds. The average molecular weight is 529 g/mol. The van der Waals surface area contributed by atoms with E-state index in [4.69, 9.17) is 9.26 Å². The monoisotopic (exact) mass is 528 g/mol. The minimum atomic E-state index is -2.51. The van der Waals surface area contributed by atoms with E-state index in [-0.39, 0.29) is 0 Å². The smallest absolute Gasteiger partial charge is 0.327 e. The largest absolute Gasteiger partial charge is 0.370 e. The minimum Gasteiger partial charge on any atom is -0.370 e. The first-order valence-corrected chi connectivity index (χ1v) is 15.6. The number of hydrogen-bond donors (Lipinski definition) is 2. The van der Waals surface area contributed by atoms with Crippen LogP contribution >= 0.6 is 8.60 Å². The van der Waals surface area contributed by atoms with Gasteiger partial charge in [0.2, 0.25) is 0 Å². The van der Waals surface area contributed by atoms with Gasteiger partial charge in [-0.1, -0.05) is 138 Å². The van der Waals surface area contributed by atoms with Gasteiger partial charge in [0.15, 0.2) is 0 Å². The molecule has 2 N–H and O–H groups in total. The van der Waals surface area contributed by atoms with Crippen molar-refractivity contribution in [3.05, 3.63) is 83.9 Å². The topological polar surface area (TPSA) is 58.9 Å². The lowest BCUT2D eigenvalue weighted by Crippen LogP contribution is -2.17. The second-order valence-electron chi connectivity index (χ2n) is 9.83. The van der Waals surface area contributed by atoms with Gasteiger partial charge >= 0.3 is 8.60 Å². The Balaban J connectivity index is 1.64. The Bertz CT molecular complexity index is 797. The lowest BCUT2D eigenvalue weighted by atomic mass is 9.98. The molecule has 0 aliphatic heterocycles. The number of hydrogen-bond acceptors (Lipinski definition) is 4. The van der Waals surface area contributed by atoms with Crippen LogP contribution < -0.4 is 0 Å². The highest BCUT2D eigenvalue weighted by atomic mass is 31.2. The van der Waals surface area contributed by atoms with E-state index in [0.29, 0.717) is 6.61 Å². The van der Waals surface area contributed by atoms with Crippen LogP contribution in [0.1, 0.15) is 120 Å². The van der Waals surface area contributed by atoms with Crippen LogP contribution in [0.4, 0.5) is 0 Å². The molecular formula is C32H49O4P. The Labute approximate surface area is 227 Å². The first-order chi connectivity index (χ1) is 18.2. The number of unbranched alkanes of at least 4 members (excludes halogenated alkanes) is 12. The van der Waals surface area contributed by atoms with Gasteiger partial charge in [0.05, 0.1) is 0 Å². The third-order valence-electron chi connectivity index (χ3n) is 6.69. The summed E-state index contributed by atoms with van der Waals surface area (Å²) in [5, 5.41) is 0. The molecule has 0 aliphatic rings. The summed E-state index contributed by atoms with van der Waals surface area (Å²) in [6.45, 7) is 2.88. The molecule has 0 heterocycles. The van der Waals surface area contributed by atoms with E-state index in [1.807, 2.05) is 60.7 Å². The Morgan fingerprint density at radius 3 is 1.59 bits per heavy atom. The summed E-state index contributed by atoms with van der Waals surface area (Å²) in [4.78, 5) is 19.3. The summed E-state index contributed by atoms with van der Waals surface area (Å²) in [6, 6.07) is 19.6. The molecule has 0 aromatic heterocycles. The van der Waals surface area contributed by atoms with Crippen molar-refractivity contribution in [1.82, 2.24) is 0 Å². The molecule has 2 rings (SSSR count). The van der Waals surface area contributed by atoms with Crippen LogP contribution in [0.2, 0.25) is 0 Å². The summed E-state index contributed by atoms with van der Waals surface area (Å²) in [5.41, 5.74) is 1.84. The molecule has 0 bridgehead atoms. The fraction of sp³-hybridized carbons (Fsp3) is 0.562. The zero-order chi connectivity index (χ0) is 26.4. The van der Waals surface area contributed by atoms with Gasteiger partial charge in [0.1, 0.15) is 12.2 Å². The van der Waals surface area contributed by atoms with Crippen molar-refractivity contribution < 1.29 is 19.0 Å². The third-order valence-corrected chi connectivity index (χ3v) is 7.11. The standard InChI is InChI=1S/C32H49O4P/c1-2-3-4-5-6-7-8-9-10-11-12-13-14-15-16-23-28-35-31(29-24-19-17-20-25-29)32(36-37(33)34)30-26-21-18-22-27-30/h9-10,17-22,24-27,31-34H,2-8,11-16,23,28H2,1H3/b10-9-. The molecule has 37 heavy (non-hydrogen) atoms. The summed E-state index contributed by atoms with van der Waals surface area (Å²) in [6.07, 6.45) is 21.6. The van der Waals surface area contributed by atoms with Crippen LogP contribution in [0, 0.1) is 0 Å². The van der Waals surface area contributed by atoms with Crippen LogP contribution in [0.15, 0.2) is 72.8 Å². The molecular weight excluding hydrogens is 479 g/mol. The number of allylic oxidation sites excluding steroid dienone is 2. The first kappa shape index (κ1) is 31.7. The van der Waals surface area contributed by atoms with Gasteiger partial charge in [-0.25, -0.2) is 0 Å². The Morgan fingerprint density at radius 2 is 1.08 bits per heavy atom. The lowest BCUT2D eigenvalue weighted by molar-refractivity contribution is -0.0346. The zero-order valence-corrected chi connectivity index (χ0v) is 23.7. The molecule has 0 aliphatic carbocycles. The molecule has 5 heteroatoms. The summed E-state index contributed by atoms with van der Waals surface area (Å²) >= 11 is 0. The SMILES string of the molecule is CCCCCCCC/C=C\CCCCCCCCOC(c1ccccc1)C(OP(O)O)c1ccccc1. The number of ether oxygens (including phenoxy) is 1. The van der Waals surface area contributed by atoms with Gasteiger partial charge in [-0.3, -0.25) is 0 Å². The van der Waals surface area contributed by atoms with Crippen molar-refractivity contribution >= 4 is 8.60 Å². The van der Waals surface area contributed by atoms with Crippen molar-refractivity contribution in [2.24, 2.45) is 0 Å². The summed E-state index contributed by atoms with van der Waals surface area (Å²) in [7, 11) is -2.51. The maximum atomic E-state index is 9.64. The highest BCUT2D eigenvalue weighted by Gasteiger charge is 2.29. The normalized spacial score (nSPS) is 13.4. The predicted molar refractivity (Wildman–Crippen MR) is 156 cm³/mol. The van der Waals surface area contributed by atoms with Crippen LogP contribution in [-0.2, 0) is 9.26 Å². The maximum Gasteiger partial charge on any atom is 0.327 e. The van der Waals surface area contributed by atoms with Gasteiger partial charge in [0.25, 0.3) is 0 Å². The molecule has 2 atom stereocenters. The number of rotatable bonds is 22. The van der Waals surface area contributed by atoms with Crippen LogP contribution in [0.25, 0.3) is 0 Å². The van der Waals surface area contributed by atoms with E-state index >= 15 is 0 Å². The fourth-order valence-electron chi connectivity index (χ4n) is 4.60. The second-order valence-corrected chi connectivity index (χ2v) is 10.5. The van der Waals surface area contributed by atoms with E-state index in [1.165, 1.54) is 77.0 Å². The van der Waals surface area contributed by atoms with Crippen molar-refractivity contribution in [2.45, 2.75) is 109 Å². The van der Waals surface area contributed by atoms with Crippen molar-refractivity contribution in [3.63, 3.8) is 0 Å². The fourth-order valence-corrected chi connectivity index (χ4v) is 5.03. The molecule has 206 valence electrons. The summed E-state index contributed by atoms with van der Waals surface area (Å²) in [5.74, 6) is 0. The van der Waals surface area contributed by atoms with E-state index in [9.17, 15) is 9.79 Å². The predicted octanol–water partition coefficient (Wildman–Crippen LogP) is 9.75. The van der Waals surface area contributed by atoms with Crippen molar-refractivity contribution in [2.75, 3.05) is 6.61 Å². The average Bonchev–Trinajstić information content (AvgIpc) is 2.92. The van der Waals surface area contributed by atoms with Gasteiger partial charge < -0.3 is 19.0 Å². The minimum absolute atomic E-state index is 0.406. The van der Waals surface area contributed by atoms with Gasteiger partial charge in [-0.15, -0.1) is 0 Å². The highest BCUT2D eigenvalue weighted by molar-refractivity contribution is 7.39. The molecule has 0 saturated carbocycles. The molecule has 0 fully saturated rings. The molecule has 2 aromatic carbocycles. The molecule has 2 unspecified atom stereocenters.